The number of ether oxygens (including phenoxy) is 2. The molecule has 1 heterocycles. The molecule has 1 aliphatic rings. The second kappa shape index (κ2) is 6.13. The maximum absolute atomic E-state index is 11.1. The first-order valence-electron chi connectivity index (χ1n) is 6.83. The molecule has 2 rings (SSSR count). The second-order valence-corrected chi connectivity index (χ2v) is 5.29. The zero-order valence-electron chi connectivity index (χ0n) is 12.1. The highest BCUT2D eigenvalue weighted by atomic mass is 16.5. The predicted molar refractivity (Wildman–Crippen MR) is 76.6 cm³/mol. The molecule has 1 aromatic rings. The lowest BCUT2D eigenvalue weighted by Crippen LogP contribution is -2.37. The van der Waals surface area contributed by atoms with E-state index in [1.165, 1.54) is 0 Å². The van der Waals surface area contributed by atoms with Crippen molar-refractivity contribution in [2.24, 2.45) is 0 Å². The van der Waals surface area contributed by atoms with Crippen LogP contribution in [0.4, 0.5) is 5.69 Å². The molecule has 2 atom stereocenters. The molecule has 0 spiro atoms. The minimum atomic E-state index is -0.940. The number of aromatic carboxylic acids is 1. The van der Waals surface area contributed by atoms with Crippen LogP contribution < -0.4 is 10.1 Å². The molecule has 0 bridgehead atoms. The van der Waals surface area contributed by atoms with Crippen molar-refractivity contribution in [3.05, 3.63) is 23.8 Å². The number of methoxy groups -OCH3 is 1. The maximum atomic E-state index is 11.1. The molecular weight excluding hydrogens is 258 g/mol. The van der Waals surface area contributed by atoms with Crippen LogP contribution in [-0.2, 0) is 4.74 Å². The van der Waals surface area contributed by atoms with Crippen molar-refractivity contribution >= 4 is 11.7 Å². The highest BCUT2D eigenvalue weighted by molar-refractivity contribution is 5.89. The van der Waals surface area contributed by atoms with Gasteiger partial charge >= 0.3 is 5.97 Å². The largest absolute Gasteiger partial charge is 0.495 e. The molecule has 0 saturated carbocycles. The van der Waals surface area contributed by atoms with E-state index in [0.717, 1.165) is 18.5 Å². The van der Waals surface area contributed by atoms with Gasteiger partial charge in [-0.15, -0.1) is 0 Å². The van der Waals surface area contributed by atoms with Gasteiger partial charge in [0.2, 0.25) is 0 Å². The molecule has 1 aromatic carbocycles. The molecule has 20 heavy (non-hydrogen) atoms. The Morgan fingerprint density at radius 2 is 2.00 bits per heavy atom. The molecule has 2 unspecified atom stereocenters. The van der Waals surface area contributed by atoms with Crippen molar-refractivity contribution in [2.45, 2.75) is 44.9 Å². The van der Waals surface area contributed by atoms with Crippen LogP contribution in [0.5, 0.6) is 5.75 Å². The summed E-state index contributed by atoms with van der Waals surface area (Å²) in [6, 6.07) is 5.09. The van der Waals surface area contributed by atoms with Crippen molar-refractivity contribution in [3.63, 3.8) is 0 Å². The Morgan fingerprint density at radius 1 is 1.35 bits per heavy atom. The lowest BCUT2D eigenvalue weighted by molar-refractivity contribution is -0.0338. The Labute approximate surface area is 118 Å². The lowest BCUT2D eigenvalue weighted by atomic mass is 9.99. The minimum absolute atomic E-state index is 0.199. The van der Waals surface area contributed by atoms with Gasteiger partial charge in [-0.25, -0.2) is 4.79 Å². The summed E-state index contributed by atoms with van der Waals surface area (Å²) in [5.41, 5.74) is 0.972. The number of carbonyl (C=O) groups is 1. The van der Waals surface area contributed by atoms with Gasteiger partial charge in [0.05, 0.1) is 30.6 Å². The summed E-state index contributed by atoms with van der Waals surface area (Å²) in [6.45, 7) is 4.10. The molecule has 1 aliphatic heterocycles. The summed E-state index contributed by atoms with van der Waals surface area (Å²) < 4.78 is 11.0. The zero-order valence-corrected chi connectivity index (χ0v) is 12.1. The van der Waals surface area contributed by atoms with Crippen LogP contribution in [0.3, 0.4) is 0 Å². The minimum Gasteiger partial charge on any atom is -0.495 e. The molecule has 0 amide bonds. The monoisotopic (exact) mass is 279 g/mol. The molecule has 0 aliphatic carbocycles. The number of carboxylic acids is 1. The van der Waals surface area contributed by atoms with E-state index in [0.29, 0.717) is 5.75 Å². The fourth-order valence-electron chi connectivity index (χ4n) is 2.70. The number of hydrogen-bond acceptors (Lipinski definition) is 4. The SMILES string of the molecule is COc1ccc(C(=O)O)cc1NC1CC(C)OC(C)C1. The van der Waals surface area contributed by atoms with Crippen LogP contribution in [0.2, 0.25) is 0 Å². The van der Waals surface area contributed by atoms with Crippen LogP contribution >= 0.6 is 0 Å². The van der Waals surface area contributed by atoms with Gasteiger partial charge in [-0.1, -0.05) is 0 Å². The summed E-state index contributed by atoms with van der Waals surface area (Å²) in [5, 5.41) is 12.5. The number of benzene rings is 1. The van der Waals surface area contributed by atoms with Crippen LogP contribution in [0.25, 0.3) is 0 Å². The normalized spacial score (nSPS) is 26.1. The summed E-state index contributed by atoms with van der Waals surface area (Å²) in [4.78, 5) is 11.1. The van der Waals surface area contributed by atoms with E-state index in [-0.39, 0.29) is 23.8 Å². The van der Waals surface area contributed by atoms with Crippen LogP contribution in [0, 0.1) is 0 Å². The molecule has 2 N–H and O–H groups in total. The third-order valence-electron chi connectivity index (χ3n) is 3.50. The molecule has 0 radical (unpaired) electrons. The van der Waals surface area contributed by atoms with E-state index in [1.807, 2.05) is 0 Å². The molecule has 1 fully saturated rings. The van der Waals surface area contributed by atoms with Crippen LogP contribution in [-0.4, -0.2) is 36.4 Å². The Kier molecular flexibility index (Phi) is 4.49. The summed E-state index contributed by atoms with van der Waals surface area (Å²) in [7, 11) is 1.58. The number of anilines is 1. The van der Waals surface area contributed by atoms with Gasteiger partial charge in [0.1, 0.15) is 5.75 Å². The predicted octanol–water partition coefficient (Wildman–Crippen LogP) is 2.76. The van der Waals surface area contributed by atoms with Crippen molar-refractivity contribution < 1.29 is 19.4 Å². The van der Waals surface area contributed by atoms with E-state index >= 15 is 0 Å². The first-order chi connectivity index (χ1) is 9.49. The summed E-state index contributed by atoms with van der Waals surface area (Å²) in [6.07, 6.45) is 2.19. The van der Waals surface area contributed by atoms with Crippen molar-refractivity contribution in [3.8, 4) is 5.75 Å². The quantitative estimate of drug-likeness (QED) is 0.887. The number of nitrogens with one attached hydrogen (secondary N) is 1. The molecule has 5 heteroatoms. The summed E-state index contributed by atoms with van der Waals surface area (Å²) in [5.74, 6) is -0.286. The van der Waals surface area contributed by atoms with Gasteiger partial charge in [0, 0.05) is 6.04 Å². The van der Waals surface area contributed by atoms with Crippen LogP contribution in [0.1, 0.15) is 37.0 Å². The van der Waals surface area contributed by atoms with E-state index in [1.54, 1.807) is 25.3 Å². The number of hydrogen-bond donors (Lipinski definition) is 2. The Morgan fingerprint density at radius 3 is 2.55 bits per heavy atom. The molecule has 0 aromatic heterocycles. The first-order valence-corrected chi connectivity index (χ1v) is 6.83. The highest BCUT2D eigenvalue weighted by Crippen LogP contribution is 2.29. The Balaban J connectivity index is 2.18. The van der Waals surface area contributed by atoms with Gasteiger partial charge in [0.15, 0.2) is 0 Å². The van der Waals surface area contributed by atoms with E-state index in [9.17, 15) is 4.79 Å². The molecule has 110 valence electrons. The van der Waals surface area contributed by atoms with E-state index < -0.39 is 5.97 Å². The standard InChI is InChI=1S/C15H21NO4/c1-9-6-12(7-10(2)20-9)16-13-8-11(15(17)18)4-5-14(13)19-3/h4-5,8-10,12,16H,6-7H2,1-3H3,(H,17,18). The third-order valence-corrected chi connectivity index (χ3v) is 3.50. The van der Waals surface area contributed by atoms with Gasteiger partial charge in [-0.2, -0.15) is 0 Å². The highest BCUT2D eigenvalue weighted by Gasteiger charge is 2.25. The van der Waals surface area contributed by atoms with Crippen LogP contribution in [0.15, 0.2) is 18.2 Å². The number of carboxylic acid groups (broad SMARTS) is 1. The average molecular weight is 279 g/mol. The second-order valence-electron chi connectivity index (χ2n) is 5.29. The van der Waals surface area contributed by atoms with Crippen molar-refractivity contribution in [1.82, 2.24) is 0 Å². The Hall–Kier alpha value is -1.75. The van der Waals surface area contributed by atoms with Crippen molar-refractivity contribution in [1.29, 1.82) is 0 Å². The lowest BCUT2D eigenvalue weighted by Gasteiger charge is -2.33. The molecule has 1 saturated heterocycles. The van der Waals surface area contributed by atoms with Gasteiger partial charge < -0.3 is 19.9 Å². The molecular formula is C15H21NO4. The fraction of sp³-hybridized carbons (Fsp3) is 0.533. The fourth-order valence-corrected chi connectivity index (χ4v) is 2.70. The maximum Gasteiger partial charge on any atom is 0.335 e. The van der Waals surface area contributed by atoms with Gasteiger partial charge in [-0.05, 0) is 44.9 Å². The number of rotatable bonds is 4. The first kappa shape index (κ1) is 14.7. The topological polar surface area (TPSA) is 67.8 Å². The van der Waals surface area contributed by atoms with Gasteiger partial charge in [-0.3, -0.25) is 0 Å². The van der Waals surface area contributed by atoms with Crippen molar-refractivity contribution in [2.75, 3.05) is 12.4 Å². The Bertz CT molecular complexity index is 479. The smallest absolute Gasteiger partial charge is 0.335 e. The van der Waals surface area contributed by atoms with Gasteiger partial charge in [0.25, 0.3) is 0 Å². The van der Waals surface area contributed by atoms with E-state index in [4.69, 9.17) is 14.6 Å². The zero-order chi connectivity index (χ0) is 14.7. The third kappa shape index (κ3) is 3.42. The molecule has 5 nitrogen and oxygen atoms in total. The summed E-state index contributed by atoms with van der Waals surface area (Å²) >= 11 is 0. The van der Waals surface area contributed by atoms with E-state index in [2.05, 4.69) is 19.2 Å². The average Bonchev–Trinajstić information content (AvgIpc) is 2.37.